The number of carboxylic acid groups (broad SMARTS) is 1. The third kappa shape index (κ3) is 6.22. The van der Waals surface area contributed by atoms with E-state index in [-0.39, 0.29) is 11.3 Å². The number of anilines is 1. The molecule has 0 bridgehead atoms. The van der Waals surface area contributed by atoms with Crippen molar-refractivity contribution in [2.45, 2.75) is 19.3 Å². The van der Waals surface area contributed by atoms with Gasteiger partial charge in [-0.25, -0.2) is 14.0 Å². The van der Waals surface area contributed by atoms with Crippen molar-refractivity contribution >= 4 is 17.7 Å². The van der Waals surface area contributed by atoms with Crippen molar-refractivity contribution in [3.8, 4) is 0 Å². The standard InChI is InChI=1S/C14H19FN2O4/c1-21-8-4-2-3-7-16-14(20)17-12-9-10(13(18)19)5-6-11(12)15/h5-6,9H,2-4,7-8H2,1H3,(H,18,19)(H2,16,17,20). The summed E-state index contributed by atoms with van der Waals surface area (Å²) >= 11 is 0. The number of unbranched alkanes of at least 4 members (excludes halogenated alkanes) is 2. The molecule has 21 heavy (non-hydrogen) atoms. The first kappa shape index (κ1) is 16.9. The molecule has 0 unspecified atom stereocenters. The van der Waals surface area contributed by atoms with Crippen molar-refractivity contribution in [2.24, 2.45) is 0 Å². The van der Waals surface area contributed by atoms with Gasteiger partial charge < -0.3 is 20.5 Å². The highest BCUT2D eigenvalue weighted by atomic mass is 19.1. The first-order valence-electron chi connectivity index (χ1n) is 6.61. The third-order valence-electron chi connectivity index (χ3n) is 2.77. The molecule has 0 aromatic heterocycles. The number of carboxylic acids is 1. The molecule has 1 aromatic carbocycles. The fourth-order valence-corrected chi connectivity index (χ4v) is 1.67. The van der Waals surface area contributed by atoms with E-state index in [0.29, 0.717) is 13.2 Å². The SMILES string of the molecule is COCCCCCNC(=O)Nc1cc(C(=O)O)ccc1F. The van der Waals surface area contributed by atoms with Crippen LogP contribution in [0, 0.1) is 5.82 Å². The molecule has 0 saturated carbocycles. The summed E-state index contributed by atoms with van der Waals surface area (Å²) in [6, 6.07) is 2.65. The second kappa shape index (κ2) is 8.91. The van der Waals surface area contributed by atoms with E-state index in [1.807, 2.05) is 0 Å². The Morgan fingerprint density at radius 1 is 1.29 bits per heavy atom. The maximum atomic E-state index is 13.5. The Labute approximate surface area is 122 Å². The van der Waals surface area contributed by atoms with Gasteiger partial charge in [-0.2, -0.15) is 0 Å². The van der Waals surface area contributed by atoms with E-state index in [4.69, 9.17) is 9.84 Å². The molecule has 0 heterocycles. The topological polar surface area (TPSA) is 87.7 Å². The highest BCUT2D eigenvalue weighted by Gasteiger charge is 2.10. The fourth-order valence-electron chi connectivity index (χ4n) is 1.67. The maximum absolute atomic E-state index is 13.5. The summed E-state index contributed by atoms with van der Waals surface area (Å²) in [6.07, 6.45) is 2.61. The van der Waals surface area contributed by atoms with Crippen LogP contribution in [0.3, 0.4) is 0 Å². The smallest absolute Gasteiger partial charge is 0.335 e. The summed E-state index contributed by atoms with van der Waals surface area (Å²) in [5.74, 6) is -1.87. The molecule has 0 spiro atoms. The van der Waals surface area contributed by atoms with E-state index in [1.54, 1.807) is 7.11 Å². The number of methoxy groups -OCH3 is 1. The fraction of sp³-hybridized carbons (Fsp3) is 0.429. The molecule has 0 radical (unpaired) electrons. The monoisotopic (exact) mass is 298 g/mol. The van der Waals surface area contributed by atoms with E-state index >= 15 is 0 Å². The van der Waals surface area contributed by atoms with Crippen molar-refractivity contribution in [3.63, 3.8) is 0 Å². The van der Waals surface area contributed by atoms with Crippen LogP contribution in [0.25, 0.3) is 0 Å². The van der Waals surface area contributed by atoms with Gasteiger partial charge in [0.25, 0.3) is 0 Å². The summed E-state index contributed by atoms with van der Waals surface area (Å²) < 4.78 is 18.4. The number of aromatic carboxylic acids is 1. The van der Waals surface area contributed by atoms with Crippen LogP contribution >= 0.6 is 0 Å². The molecule has 1 aromatic rings. The van der Waals surface area contributed by atoms with Gasteiger partial charge in [0.05, 0.1) is 11.3 Å². The summed E-state index contributed by atoms with van der Waals surface area (Å²) in [6.45, 7) is 1.13. The number of nitrogens with one attached hydrogen (secondary N) is 2. The number of carbonyl (C=O) groups is 2. The van der Waals surface area contributed by atoms with Crippen LogP contribution in [0.2, 0.25) is 0 Å². The molecule has 0 aliphatic heterocycles. The molecule has 116 valence electrons. The van der Waals surface area contributed by atoms with Crippen LogP contribution in [0.15, 0.2) is 18.2 Å². The quantitative estimate of drug-likeness (QED) is 0.643. The minimum atomic E-state index is -1.18. The number of benzene rings is 1. The Hall–Kier alpha value is -2.15. The predicted octanol–water partition coefficient (Wildman–Crippen LogP) is 2.46. The molecule has 6 nitrogen and oxygen atoms in total. The number of amides is 2. The van der Waals surface area contributed by atoms with Gasteiger partial charge in [0.2, 0.25) is 0 Å². The largest absolute Gasteiger partial charge is 0.478 e. The minimum absolute atomic E-state index is 0.0914. The van der Waals surface area contributed by atoms with Crippen molar-refractivity contribution in [2.75, 3.05) is 25.6 Å². The lowest BCUT2D eigenvalue weighted by Crippen LogP contribution is -2.30. The van der Waals surface area contributed by atoms with Crippen molar-refractivity contribution < 1.29 is 23.8 Å². The van der Waals surface area contributed by atoms with Gasteiger partial charge in [0, 0.05) is 20.3 Å². The van der Waals surface area contributed by atoms with Gasteiger partial charge in [-0.05, 0) is 37.5 Å². The average Bonchev–Trinajstić information content (AvgIpc) is 2.44. The molecule has 0 fully saturated rings. The highest BCUT2D eigenvalue weighted by Crippen LogP contribution is 2.16. The predicted molar refractivity (Wildman–Crippen MR) is 76.1 cm³/mol. The van der Waals surface area contributed by atoms with Crippen molar-refractivity contribution in [1.82, 2.24) is 5.32 Å². The van der Waals surface area contributed by atoms with E-state index in [0.717, 1.165) is 37.5 Å². The van der Waals surface area contributed by atoms with Crippen LogP contribution in [-0.4, -0.2) is 37.4 Å². The molecule has 0 aliphatic rings. The third-order valence-corrected chi connectivity index (χ3v) is 2.77. The van der Waals surface area contributed by atoms with Gasteiger partial charge in [-0.15, -0.1) is 0 Å². The first-order chi connectivity index (χ1) is 10.0. The van der Waals surface area contributed by atoms with Gasteiger partial charge in [-0.1, -0.05) is 0 Å². The number of hydrogen-bond acceptors (Lipinski definition) is 3. The zero-order valence-electron chi connectivity index (χ0n) is 11.8. The highest BCUT2D eigenvalue weighted by molar-refractivity contribution is 5.93. The lowest BCUT2D eigenvalue weighted by Gasteiger charge is -2.09. The van der Waals surface area contributed by atoms with Crippen LogP contribution in [0.5, 0.6) is 0 Å². The molecule has 7 heteroatoms. The summed E-state index contributed by atoms with van der Waals surface area (Å²) in [4.78, 5) is 22.4. The van der Waals surface area contributed by atoms with Gasteiger partial charge in [0.15, 0.2) is 0 Å². The van der Waals surface area contributed by atoms with E-state index in [2.05, 4.69) is 10.6 Å². The van der Waals surface area contributed by atoms with Gasteiger partial charge >= 0.3 is 12.0 Å². The molecule has 2 amide bonds. The molecule has 1 rings (SSSR count). The summed E-state index contributed by atoms with van der Waals surface area (Å²) in [7, 11) is 1.63. The zero-order valence-corrected chi connectivity index (χ0v) is 11.8. The lowest BCUT2D eigenvalue weighted by molar-refractivity contribution is 0.0697. The number of urea groups is 1. The van der Waals surface area contributed by atoms with Gasteiger partial charge in [-0.3, -0.25) is 0 Å². The summed E-state index contributed by atoms with van der Waals surface area (Å²) in [5, 5.41) is 13.7. The number of halogens is 1. The Morgan fingerprint density at radius 3 is 2.71 bits per heavy atom. The second-order valence-electron chi connectivity index (χ2n) is 4.43. The maximum Gasteiger partial charge on any atom is 0.335 e. The number of carbonyl (C=O) groups excluding carboxylic acids is 1. The Morgan fingerprint density at radius 2 is 2.05 bits per heavy atom. The molecule has 0 saturated heterocycles. The van der Waals surface area contributed by atoms with Gasteiger partial charge in [0.1, 0.15) is 5.82 Å². The van der Waals surface area contributed by atoms with E-state index < -0.39 is 17.8 Å². The van der Waals surface area contributed by atoms with Crippen LogP contribution in [-0.2, 0) is 4.74 Å². The van der Waals surface area contributed by atoms with Crippen molar-refractivity contribution in [3.05, 3.63) is 29.6 Å². The normalized spacial score (nSPS) is 10.2. The molecular formula is C14H19FN2O4. The minimum Gasteiger partial charge on any atom is -0.478 e. The molecule has 0 atom stereocenters. The first-order valence-corrected chi connectivity index (χ1v) is 6.61. The Balaban J connectivity index is 2.40. The van der Waals surface area contributed by atoms with E-state index in [1.165, 1.54) is 0 Å². The van der Waals surface area contributed by atoms with E-state index in [9.17, 15) is 14.0 Å². The molecule has 0 aliphatic carbocycles. The Kier molecular flexibility index (Phi) is 7.17. The number of rotatable bonds is 8. The molecule has 3 N–H and O–H groups in total. The number of hydrogen-bond donors (Lipinski definition) is 3. The Bertz CT molecular complexity index is 494. The average molecular weight is 298 g/mol. The summed E-state index contributed by atoms with van der Waals surface area (Å²) in [5.41, 5.74) is -0.252. The van der Waals surface area contributed by atoms with Crippen LogP contribution < -0.4 is 10.6 Å². The lowest BCUT2D eigenvalue weighted by atomic mass is 10.2. The van der Waals surface area contributed by atoms with Crippen molar-refractivity contribution in [1.29, 1.82) is 0 Å². The molecular weight excluding hydrogens is 279 g/mol. The van der Waals surface area contributed by atoms with Crippen LogP contribution in [0.4, 0.5) is 14.9 Å². The second-order valence-corrected chi connectivity index (χ2v) is 4.43. The zero-order chi connectivity index (χ0) is 15.7. The van der Waals surface area contributed by atoms with Crippen LogP contribution in [0.1, 0.15) is 29.6 Å². The number of ether oxygens (including phenoxy) is 1.